The van der Waals surface area contributed by atoms with E-state index in [1.807, 2.05) is 0 Å². The number of carbonyl (C=O) groups excluding carboxylic acids is 3. The number of urea groups is 1. The summed E-state index contributed by atoms with van der Waals surface area (Å²) in [6.45, 7) is 0.0387. The molecule has 1 heterocycles. The lowest BCUT2D eigenvalue weighted by Gasteiger charge is -2.24. The van der Waals surface area contributed by atoms with Gasteiger partial charge in [0.2, 0.25) is 11.8 Å². The number of aliphatic hydroxyl groups is 1. The van der Waals surface area contributed by atoms with Crippen molar-refractivity contribution in [3.63, 3.8) is 0 Å². The summed E-state index contributed by atoms with van der Waals surface area (Å²) in [6.07, 6.45) is 0.184. The first kappa shape index (κ1) is 12.3. The van der Waals surface area contributed by atoms with Gasteiger partial charge >= 0.3 is 6.03 Å². The molecule has 2 rings (SSSR count). The number of hydrogen-bond donors (Lipinski definition) is 2. The van der Waals surface area contributed by atoms with E-state index in [0.29, 0.717) is 12.1 Å². The number of hydrogen-bond acceptors (Lipinski definition) is 4. The quantitative estimate of drug-likeness (QED) is 0.748. The van der Waals surface area contributed by atoms with Crippen LogP contribution in [-0.2, 0) is 16.0 Å². The molecule has 1 saturated heterocycles. The minimum atomic E-state index is -0.730. The molecule has 0 saturated carbocycles. The van der Waals surface area contributed by atoms with Gasteiger partial charge in [-0.15, -0.1) is 0 Å². The van der Waals surface area contributed by atoms with Gasteiger partial charge in [-0.05, 0) is 24.1 Å². The first-order valence-electron chi connectivity index (χ1n) is 5.48. The van der Waals surface area contributed by atoms with Gasteiger partial charge < -0.3 is 5.11 Å². The van der Waals surface area contributed by atoms with Crippen LogP contribution in [0.4, 0.5) is 10.5 Å². The average Bonchev–Trinajstić information content (AvgIpc) is 2.30. The fourth-order valence-corrected chi connectivity index (χ4v) is 1.75. The van der Waals surface area contributed by atoms with Gasteiger partial charge in [-0.1, -0.05) is 12.1 Å². The van der Waals surface area contributed by atoms with Crippen molar-refractivity contribution in [1.82, 2.24) is 5.32 Å². The van der Waals surface area contributed by atoms with Crippen LogP contribution in [0.15, 0.2) is 24.3 Å². The zero-order chi connectivity index (χ0) is 13.1. The van der Waals surface area contributed by atoms with Crippen LogP contribution >= 0.6 is 0 Å². The number of nitrogens with one attached hydrogen (secondary N) is 1. The first-order valence-corrected chi connectivity index (χ1v) is 5.48. The Bertz CT molecular complexity index is 475. The predicted octanol–water partition coefficient (Wildman–Crippen LogP) is 0.194. The molecule has 6 nitrogen and oxygen atoms in total. The molecular weight excluding hydrogens is 236 g/mol. The number of rotatable bonds is 3. The van der Waals surface area contributed by atoms with E-state index in [2.05, 4.69) is 5.32 Å². The van der Waals surface area contributed by atoms with Crippen LogP contribution in [0.1, 0.15) is 12.0 Å². The number of benzene rings is 1. The van der Waals surface area contributed by atoms with E-state index in [9.17, 15) is 14.4 Å². The molecule has 18 heavy (non-hydrogen) atoms. The Balaban J connectivity index is 2.22. The molecule has 6 heteroatoms. The monoisotopic (exact) mass is 248 g/mol. The summed E-state index contributed by atoms with van der Waals surface area (Å²) in [6, 6.07) is 5.94. The number of carbonyl (C=O) groups is 3. The third-order valence-electron chi connectivity index (χ3n) is 2.61. The third-order valence-corrected chi connectivity index (χ3v) is 2.61. The summed E-state index contributed by atoms with van der Waals surface area (Å²) in [7, 11) is 0. The molecule has 0 unspecified atom stereocenters. The highest BCUT2D eigenvalue weighted by atomic mass is 16.3. The molecular formula is C12H12N2O4. The molecule has 1 aromatic carbocycles. The fourth-order valence-electron chi connectivity index (χ4n) is 1.75. The molecule has 0 spiro atoms. The Morgan fingerprint density at radius 3 is 2.39 bits per heavy atom. The van der Waals surface area contributed by atoms with Gasteiger partial charge in [0.1, 0.15) is 6.42 Å². The maximum atomic E-state index is 11.6. The van der Waals surface area contributed by atoms with Crippen molar-refractivity contribution < 1.29 is 19.5 Å². The molecule has 0 radical (unpaired) electrons. The number of nitrogens with zero attached hydrogens (tertiary/aromatic N) is 1. The van der Waals surface area contributed by atoms with E-state index in [1.165, 1.54) is 0 Å². The number of anilines is 1. The van der Waals surface area contributed by atoms with Crippen molar-refractivity contribution in [1.29, 1.82) is 0 Å². The third kappa shape index (κ3) is 2.38. The Hall–Kier alpha value is -2.21. The van der Waals surface area contributed by atoms with Crippen LogP contribution < -0.4 is 10.2 Å². The maximum absolute atomic E-state index is 11.6. The van der Waals surface area contributed by atoms with E-state index < -0.39 is 17.8 Å². The lowest BCUT2D eigenvalue weighted by atomic mass is 10.1. The van der Waals surface area contributed by atoms with Gasteiger partial charge in [0, 0.05) is 6.61 Å². The SMILES string of the molecule is O=C1CC(=O)N(c2ccc(CCO)cc2)C(=O)N1. The van der Waals surface area contributed by atoms with Crippen LogP contribution in [0.5, 0.6) is 0 Å². The van der Waals surface area contributed by atoms with Crippen LogP contribution in [-0.4, -0.2) is 29.6 Å². The minimum absolute atomic E-state index is 0.0387. The summed E-state index contributed by atoms with van der Waals surface area (Å²) in [5.74, 6) is -1.13. The summed E-state index contributed by atoms with van der Waals surface area (Å²) in [5.41, 5.74) is 1.31. The highest BCUT2D eigenvalue weighted by Crippen LogP contribution is 2.18. The first-order chi connectivity index (χ1) is 8.61. The Labute approximate surface area is 103 Å². The van der Waals surface area contributed by atoms with E-state index in [0.717, 1.165) is 10.5 Å². The number of imide groups is 2. The highest BCUT2D eigenvalue weighted by Gasteiger charge is 2.31. The normalized spacial score (nSPS) is 15.8. The molecule has 2 N–H and O–H groups in total. The van der Waals surface area contributed by atoms with Gasteiger partial charge in [0.15, 0.2) is 0 Å². The smallest absolute Gasteiger partial charge is 0.335 e. The molecule has 94 valence electrons. The lowest BCUT2D eigenvalue weighted by molar-refractivity contribution is -0.128. The molecule has 1 aliphatic rings. The van der Waals surface area contributed by atoms with Crippen molar-refractivity contribution in [2.75, 3.05) is 11.5 Å². The van der Waals surface area contributed by atoms with Gasteiger partial charge in [-0.25, -0.2) is 9.69 Å². The second kappa shape index (κ2) is 4.97. The van der Waals surface area contributed by atoms with E-state index >= 15 is 0 Å². The van der Waals surface area contributed by atoms with Gasteiger partial charge in [0.25, 0.3) is 0 Å². The highest BCUT2D eigenvalue weighted by molar-refractivity contribution is 6.26. The molecule has 4 amide bonds. The van der Waals surface area contributed by atoms with Crippen LogP contribution in [0.3, 0.4) is 0 Å². The molecule has 0 aliphatic carbocycles. The topological polar surface area (TPSA) is 86.7 Å². The molecule has 1 aromatic rings. The molecule has 0 atom stereocenters. The Morgan fingerprint density at radius 2 is 1.83 bits per heavy atom. The standard InChI is InChI=1S/C12H12N2O4/c15-6-5-8-1-3-9(4-2-8)14-11(17)7-10(16)13-12(14)18/h1-4,15H,5-7H2,(H,13,16,18). The largest absolute Gasteiger partial charge is 0.396 e. The molecule has 0 aromatic heterocycles. The number of barbiturate groups is 1. The Morgan fingerprint density at radius 1 is 1.17 bits per heavy atom. The maximum Gasteiger partial charge on any atom is 0.335 e. The van der Waals surface area contributed by atoms with Crippen molar-refractivity contribution in [2.45, 2.75) is 12.8 Å². The van der Waals surface area contributed by atoms with E-state index in [4.69, 9.17) is 5.11 Å². The lowest BCUT2D eigenvalue weighted by Crippen LogP contribution is -2.52. The van der Waals surface area contributed by atoms with Crippen molar-refractivity contribution in [3.05, 3.63) is 29.8 Å². The summed E-state index contributed by atoms with van der Waals surface area (Å²) in [4.78, 5) is 35.1. The van der Waals surface area contributed by atoms with E-state index in [1.54, 1.807) is 24.3 Å². The molecule has 1 fully saturated rings. The van der Waals surface area contributed by atoms with Gasteiger partial charge in [-0.3, -0.25) is 14.9 Å². The van der Waals surface area contributed by atoms with Crippen molar-refractivity contribution in [3.8, 4) is 0 Å². The summed E-state index contributed by atoms with van der Waals surface area (Å²) in [5, 5.41) is 10.9. The molecule has 1 aliphatic heterocycles. The summed E-state index contributed by atoms with van der Waals surface area (Å²) >= 11 is 0. The predicted molar refractivity (Wildman–Crippen MR) is 62.9 cm³/mol. The Kier molecular flexibility index (Phi) is 3.38. The number of aliphatic hydroxyl groups excluding tert-OH is 1. The second-order valence-electron chi connectivity index (χ2n) is 3.90. The van der Waals surface area contributed by atoms with Crippen molar-refractivity contribution >= 4 is 23.5 Å². The van der Waals surface area contributed by atoms with Crippen molar-refractivity contribution in [2.24, 2.45) is 0 Å². The second-order valence-corrected chi connectivity index (χ2v) is 3.90. The average molecular weight is 248 g/mol. The minimum Gasteiger partial charge on any atom is -0.396 e. The molecule has 0 bridgehead atoms. The van der Waals surface area contributed by atoms with E-state index in [-0.39, 0.29) is 13.0 Å². The zero-order valence-electron chi connectivity index (χ0n) is 9.55. The fraction of sp³-hybridized carbons (Fsp3) is 0.250. The van der Waals surface area contributed by atoms with Gasteiger partial charge in [0.05, 0.1) is 5.69 Å². The number of amides is 4. The van der Waals surface area contributed by atoms with Crippen LogP contribution in [0, 0.1) is 0 Å². The van der Waals surface area contributed by atoms with Crippen LogP contribution in [0.2, 0.25) is 0 Å². The summed E-state index contributed by atoms with van der Waals surface area (Å²) < 4.78 is 0. The zero-order valence-corrected chi connectivity index (χ0v) is 9.55. The van der Waals surface area contributed by atoms with Crippen LogP contribution in [0.25, 0.3) is 0 Å². The van der Waals surface area contributed by atoms with Gasteiger partial charge in [-0.2, -0.15) is 0 Å².